The van der Waals surface area contributed by atoms with Crippen molar-refractivity contribution in [3.63, 3.8) is 0 Å². The molecule has 0 radical (unpaired) electrons. The summed E-state index contributed by atoms with van der Waals surface area (Å²) in [7, 11) is 0. The van der Waals surface area contributed by atoms with Crippen molar-refractivity contribution in [2.24, 2.45) is 0 Å². The maximum absolute atomic E-state index is 13.1. The SMILES string of the molecule is OC1CCN(c2ccc(Nc3ccc(-c4cnc5cc(C(F)(F)F)ccn45)c4c3CNC4)nc2)CC1. The standard InChI is InChI=1S/C26H25F3N6O/c27-26(28,29)16-5-10-35-23(15-32-25(35)11-16)19-2-3-22(21-14-30-13-20(19)21)33-24-4-1-17(12-31-24)34-8-6-18(36)7-9-34/h1-5,10-12,15,18,30,36H,6-9,13-14H2,(H,31,33). The average molecular weight is 495 g/mol. The molecule has 1 aromatic carbocycles. The van der Waals surface area contributed by atoms with E-state index in [-0.39, 0.29) is 11.8 Å². The summed E-state index contributed by atoms with van der Waals surface area (Å²) in [6, 6.07) is 10.1. The van der Waals surface area contributed by atoms with Gasteiger partial charge in [-0.3, -0.25) is 4.40 Å². The Balaban J connectivity index is 1.27. The van der Waals surface area contributed by atoms with Crippen molar-refractivity contribution >= 4 is 22.8 Å². The first kappa shape index (κ1) is 22.8. The van der Waals surface area contributed by atoms with E-state index in [1.165, 1.54) is 6.20 Å². The van der Waals surface area contributed by atoms with E-state index in [1.807, 2.05) is 30.5 Å². The Kier molecular flexibility index (Phi) is 5.57. The van der Waals surface area contributed by atoms with Crippen LogP contribution >= 0.6 is 0 Å². The first-order valence-corrected chi connectivity index (χ1v) is 11.9. The van der Waals surface area contributed by atoms with Crippen LogP contribution in [0.25, 0.3) is 16.9 Å². The fraction of sp³-hybridized carbons (Fsp3) is 0.308. The number of anilines is 3. The Morgan fingerprint density at radius 3 is 2.53 bits per heavy atom. The zero-order valence-electron chi connectivity index (χ0n) is 19.4. The highest BCUT2D eigenvalue weighted by Gasteiger charge is 2.31. The lowest BCUT2D eigenvalue weighted by atomic mass is 9.99. The minimum atomic E-state index is -4.41. The fourth-order valence-electron chi connectivity index (χ4n) is 5.03. The molecule has 6 rings (SSSR count). The van der Waals surface area contributed by atoms with Crippen molar-refractivity contribution in [3.8, 4) is 11.3 Å². The van der Waals surface area contributed by atoms with E-state index in [0.29, 0.717) is 13.1 Å². The second kappa shape index (κ2) is 8.79. The van der Waals surface area contributed by atoms with Gasteiger partial charge < -0.3 is 20.6 Å². The molecule has 0 unspecified atom stereocenters. The van der Waals surface area contributed by atoms with Gasteiger partial charge in [-0.25, -0.2) is 9.97 Å². The highest BCUT2D eigenvalue weighted by atomic mass is 19.4. The third-order valence-electron chi connectivity index (χ3n) is 6.99. The quantitative estimate of drug-likeness (QED) is 0.381. The smallest absolute Gasteiger partial charge is 0.393 e. The van der Waals surface area contributed by atoms with Crippen molar-refractivity contribution in [3.05, 3.63) is 71.7 Å². The third-order valence-corrected chi connectivity index (χ3v) is 6.99. The Morgan fingerprint density at radius 1 is 0.972 bits per heavy atom. The van der Waals surface area contributed by atoms with Gasteiger partial charge in [-0.1, -0.05) is 6.07 Å². The number of piperidine rings is 1. The zero-order chi connectivity index (χ0) is 24.9. The summed E-state index contributed by atoms with van der Waals surface area (Å²) in [6.45, 7) is 2.96. The molecule has 2 aliphatic rings. The highest BCUT2D eigenvalue weighted by molar-refractivity contribution is 5.76. The Labute approximate surface area is 205 Å². The summed E-state index contributed by atoms with van der Waals surface area (Å²) in [6.07, 6.45) is 1.80. The summed E-state index contributed by atoms with van der Waals surface area (Å²) in [4.78, 5) is 11.1. The molecule has 0 spiro atoms. The molecule has 0 atom stereocenters. The normalized spacial score (nSPS) is 16.5. The predicted octanol–water partition coefficient (Wildman–Crippen LogP) is 4.72. The maximum Gasteiger partial charge on any atom is 0.416 e. The molecule has 7 nitrogen and oxygen atoms in total. The molecule has 3 N–H and O–H groups in total. The van der Waals surface area contributed by atoms with Gasteiger partial charge in [0.2, 0.25) is 0 Å². The largest absolute Gasteiger partial charge is 0.416 e. The molecule has 186 valence electrons. The number of hydrogen-bond acceptors (Lipinski definition) is 6. The van der Waals surface area contributed by atoms with E-state index in [0.717, 1.165) is 77.6 Å². The van der Waals surface area contributed by atoms with E-state index in [4.69, 9.17) is 0 Å². The molecule has 0 amide bonds. The Hall–Kier alpha value is -3.63. The molecule has 0 bridgehead atoms. The van der Waals surface area contributed by atoms with Gasteiger partial charge in [-0.05, 0) is 54.3 Å². The topological polar surface area (TPSA) is 77.7 Å². The van der Waals surface area contributed by atoms with Crippen molar-refractivity contribution < 1.29 is 18.3 Å². The lowest BCUT2D eigenvalue weighted by Gasteiger charge is -2.31. The average Bonchev–Trinajstić information content (AvgIpc) is 3.52. The summed E-state index contributed by atoms with van der Waals surface area (Å²) >= 11 is 0. The number of fused-ring (bicyclic) bond motifs is 2. The van der Waals surface area contributed by atoms with Gasteiger partial charge in [-0.2, -0.15) is 13.2 Å². The second-order valence-corrected chi connectivity index (χ2v) is 9.25. The van der Waals surface area contributed by atoms with E-state index >= 15 is 0 Å². The number of halogens is 3. The molecule has 0 aliphatic carbocycles. The van der Waals surface area contributed by atoms with Crippen LogP contribution in [-0.2, 0) is 19.3 Å². The molecular formula is C26H25F3N6O. The van der Waals surface area contributed by atoms with Crippen LogP contribution in [0.3, 0.4) is 0 Å². The molecule has 2 aliphatic heterocycles. The highest BCUT2D eigenvalue weighted by Crippen LogP contribution is 2.36. The van der Waals surface area contributed by atoms with Crippen LogP contribution in [0.5, 0.6) is 0 Å². The van der Waals surface area contributed by atoms with Gasteiger partial charge in [0.1, 0.15) is 11.5 Å². The summed E-state index contributed by atoms with van der Waals surface area (Å²) < 4.78 is 41.0. The summed E-state index contributed by atoms with van der Waals surface area (Å²) in [5.41, 5.74) is 5.40. The first-order valence-electron chi connectivity index (χ1n) is 11.9. The van der Waals surface area contributed by atoms with Gasteiger partial charge in [0.15, 0.2) is 0 Å². The molecule has 0 saturated carbocycles. The Bertz CT molecular complexity index is 1410. The number of aromatic nitrogens is 3. The zero-order valence-corrected chi connectivity index (χ0v) is 19.4. The fourth-order valence-corrected chi connectivity index (χ4v) is 5.03. The number of nitrogens with zero attached hydrogens (tertiary/aromatic N) is 4. The number of pyridine rings is 2. The van der Waals surface area contributed by atoms with E-state index in [9.17, 15) is 18.3 Å². The lowest BCUT2D eigenvalue weighted by molar-refractivity contribution is -0.137. The molecule has 1 saturated heterocycles. The van der Waals surface area contributed by atoms with Crippen LogP contribution in [-0.4, -0.2) is 38.7 Å². The number of rotatable bonds is 4. The van der Waals surface area contributed by atoms with Crippen LogP contribution in [0.2, 0.25) is 0 Å². The van der Waals surface area contributed by atoms with Crippen molar-refractivity contribution in [1.82, 2.24) is 19.7 Å². The van der Waals surface area contributed by atoms with Crippen LogP contribution in [0, 0.1) is 0 Å². The number of aliphatic hydroxyl groups is 1. The van der Waals surface area contributed by atoms with Crippen molar-refractivity contribution in [2.75, 3.05) is 23.3 Å². The molecular weight excluding hydrogens is 469 g/mol. The molecule has 4 aromatic rings. The van der Waals surface area contributed by atoms with Gasteiger partial charge in [0, 0.05) is 43.6 Å². The predicted molar refractivity (Wildman–Crippen MR) is 131 cm³/mol. The number of hydrogen-bond donors (Lipinski definition) is 3. The third kappa shape index (κ3) is 4.16. The van der Waals surface area contributed by atoms with Gasteiger partial charge in [-0.15, -0.1) is 0 Å². The summed E-state index contributed by atoms with van der Waals surface area (Å²) in [5, 5.41) is 16.5. The van der Waals surface area contributed by atoms with E-state index < -0.39 is 11.7 Å². The molecule has 1 fully saturated rings. The van der Waals surface area contributed by atoms with Gasteiger partial charge >= 0.3 is 6.18 Å². The number of aliphatic hydroxyl groups excluding tert-OH is 1. The van der Waals surface area contributed by atoms with Crippen LogP contribution in [0.4, 0.5) is 30.4 Å². The minimum absolute atomic E-state index is 0.216. The maximum atomic E-state index is 13.1. The van der Waals surface area contributed by atoms with Crippen LogP contribution < -0.4 is 15.5 Å². The molecule has 3 aromatic heterocycles. The monoisotopic (exact) mass is 494 g/mol. The summed E-state index contributed by atoms with van der Waals surface area (Å²) in [5.74, 6) is 0.729. The van der Waals surface area contributed by atoms with Gasteiger partial charge in [0.05, 0.1) is 35.4 Å². The Morgan fingerprint density at radius 2 is 1.78 bits per heavy atom. The van der Waals surface area contributed by atoms with Crippen molar-refractivity contribution in [2.45, 2.75) is 38.2 Å². The van der Waals surface area contributed by atoms with Crippen LogP contribution in [0.15, 0.2) is 55.0 Å². The second-order valence-electron chi connectivity index (χ2n) is 9.25. The molecule has 5 heterocycles. The van der Waals surface area contributed by atoms with E-state index in [2.05, 4.69) is 25.5 Å². The van der Waals surface area contributed by atoms with Gasteiger partial charge in [0.25, 0.3) is 0 Å². The number of benzene rings is 1. The minimum Gasteiger partial charge on any atom is -0.393 e. The number of imidazole rings is 1. The number of alkyl halides is 3. The van der Waals surface area contributed by atoms with Crippen molar-refractivity contribution in [1.29, 1.82) is 0 Å². The van der Waals surface area contributed by atoms with Crippen LogP contribution in [0.1, 0.15) is 29.5 Å². The van der Waals surface area contributed by atoms with E-state index in [1.54, 1.807) is 10.6 Å². The first-order chi connectivity index (χ1) is 17.4. The molecule has 10 heteroatoms. The lowest BCUT2D eigenvalue weighted by Crippen LogP contribution is -2.35. The number of nitrogens with one attached hydrogen (secondary N) is 2. The molecule has 36 heavy (non-hydrogen) atoms.